The molecule has 1 aliphatic rings. The normalized spacial score (nSPS) is 42.4. The molecule has 0 spiro atoms. The largest absolute Gasteiger partial charge is 0.306 e. The maximum atomic E-state index is 14.2. The van der Waals surface area contributed by atoms with Crippen LogP contribution in [0.25, 0.3) is 10.8 Å². The fourth-order valence-corrected chi connectivity index (χ4v) is 2.24. The number of likely N-dealkylation sites (tertiary alicyclic amines) is 1. The van der Waals surface area contributed by atoms with Crippen molar-refractivity contribution in [1.29, 1.82) is 0 Å². The molecule has 1 atom stereocenters. The fourth-order valence-electron chi connectivity index (χ4n) is 2.14. The van der Waals surface area contributed by atoms with E-state index in [0.717, 1.165) is 0 Å². The van der Waals surface area contributed by atoms with Crippen LogP contribution in [-0.2, 0) is 6.37 Å². The van der Waals surface area contributed by atoms with Crippen LogP contribution in [0.1, 0.15) is 65.2 Å². The lowest BCUT2D eigenvalue weighted by Gasteiger charge is -2.19. The summed E-state index contributed by atoms with van der Waals surface area (Å²) in [6.07, 6.45) is -16.3. The summed E-state index contributed by atoms with van der Waals surface area (Å²) in [5, 5.41) is 0.521. The van der Waals surface area contributed by atoms with Crippen molar-refractivity contribution in [2.75, 3.05) is 20.0 Å². The van der Waals surface area contributed by atoms with E-state index in [-0.39, 0.29) is 4.90 Å². The smallest absolute Gasteiger partial charge is 0.274 e. The van der Waals surface area contributed by atoms with Crippen molar-refractivity contribution in [3.63, 3.8) is 0 Å². The minimum Gasteiger partial charge on any atom is -0.306 e. The SMILES string of the molecule is [2H]c1c([2H])c(C([2H])([2H])c2nn(C3([2H])C([2H])([2H])C([2H])([2H])N(C)C([2H])([2H])C([2H])([2H])C3([2H])[2H])c(=O)c3c([2H])c([2H])c([2H])c([2H])c23)c([2H])c([2H])c1Cl. The van der Waals surface area contributed by atoms with Crippen LogP contribution in [0.3, 0.4) is 0 Å². The zero-order valence-corrected chi connectivity index (χ0v) is 14.4. The number of nitrogens with zero attached hydrogens (tertiary/aromatic N) is 3. The minimum atomic E-state index is -4.38. The topological polar surface area (TPSA) is 38.1 Å². The van der Waals surface area contributed by atoms with Gasteiger partial charge in [-0.15, -0.1) is 0 Å². The third kappa shape index (κ3) is 3.92. The predicted molar refractivity (Wildman–Crippen MR) is 111 cm³/mol. The van der Waals surface area contributed by atoms with E-state index in [4.69, 9.17) is 39.0 Å². The van der Waals surface area contributed by atoms with Gasteiger partial charge >= 0.3 is 0 Å². The number of fused-ring (bicyclic) bond motifs is 1. The van der Waals surface area contributed by atoms with E-state index in [1.54, 1.807) is 0 Å². The lowest BCUT2D eigenvalue weighted by atomic mass is 10.0. The summed E-state index contributed by atoms with van der Waals surface area (Å²) in [5.41, 5.74) is -4.57. The summed E-state index contributed by atoms with van der Waals surface area (Å²) in [6, 6.07) is -13.3. The van der Waals surface area contributed by atoms with Gasteiger partial charge in [-0.25, -0.2) is 4.68 Å². The first kappa shape index (κ1) is 5.91. The molecule has 1 saturated heterocycles. The van der Waals surface area contributed by atoms with E-state index < -0.39 is 130 Å². The van der Waals surface area contributed by atoms with E-state index in [0.29, 0.717) is 7.05 Å². The van der Waals surface area contributed by atoms with E-state index >= 15 is 0 Å². The van der Waals surface area contributed by atoms with Crippen molar-refractivity contribution >= 4 is 22.4 Å². The van der Waals surface area contributed by atoms with Gasteiger partial charge in [0.25, 0.3) is 5.56 Å². The first-order chi connectivity index (χ1) is 21.4. The molecule has 5 heteroatoms. The lowest BCUT2D eigenvalue weighted by Crippen LogP contribution is -2.29. The van der Waals surface area contributed by atoms with Crippen LogP contribution >= 0.6 is 11.6 Å². The summed E-state index contributed by atoms with van der Waals surface area (Å²) >= 11 is 5.86. The van der Waals surface area contributed by atoms with E-state index in [1.165, 1.54) is 0 Å². The number of hydrogen-bond donors (Lipinski definition) is 0. The van der Waals surface area contributed by atoms with Crippen molar-refractivity contribution in [2.45, 2.75) is 31.5 Å². The van der Waals surface area contributed by atoms with Crippen LogP contribution in [0.4, 0.5) is 0 Å². The van der Waals surface area contributed by atoms with Gasteiger partial charge in [-0.3, -0.25) is 4.79 Å². The van der Waals surface area contributed by atoms with Gasteiger partial charge in [0.1, 0.15) is 0 Å². The van der Waals surface area contributed by atoms with Crippen LogP contribution in [0.5, 0.6) is 0 Å². The van der Waals surface area contributed by atoms with E-state index in [1.807, 2.05) is 0 Å². The van der Waals surface area contributed by atoms with E-state index in [9.17, 15) is 6.17 Å². The van der Waals surface area contributed by atoms with Gasteiger partial charge in [0.2, 0.25) is 0 Å². The monoisotopic (exact) mass is 402 g/mol. The van der Waals surface area contributed by atoms with Gasteiger partial charge in [0.05, 0.1) is 29.4 Å². The Morgan fingerprint density at radius 2 is 1.96 bits per heavy atom. The molecular weight excluding hydrogens is 358 g/mol. The summed E-state index contributed by atoms with van der Waals surface area (Å²) in [6.45, 7) is -7.64. The van der Waals surface area contributed by atoms with Gasteiger partial charge in [0.15, 0.2) is 0 Å². The highest BCUT2D eigenvalue weighted by atomic mass is 35.5. The highest BCUT2D eigenvalue weighted by Crippen LogP contribution is 2.23. The van der Waals surface area contributed by atoms with Crippen molar-refractivity contribution in [2.24, 2.45) is 0 Å². The number of halogens is 1. The summed E-state index contributed by atoms with van der Waals surface area (Å²) in [4.78, 5) is 14.0. The Balaban J connectivity index is 2.41. The van der Waals surface area contributed by atoms with Crippen LogP contribution < -0.4 is 5.56 Å². The number of benzene rings is 2. The fraction of sp³-hybridized carbons (Fsp3) is 0.364. The van der Waals surface area contributed by atoms with Crippen molar-refractivity contribution in [1.82, 2.24) is 14.7 Å². The number of rotatable bonds is 3. The Hall–Kier alpha value is -2.17. The molecule has 0 saturated carbocycles. The molecule has 2 aromatic carbocycles. The molecular formula is C22H24ClN3O. The second-order valence-corrected chi connectivity index (χ2v) is 5.51. The van der Waals surface area contributed by atoms with Crippen LogP contribution in [0.15, 0.2) is 53.1 Å². The molecule has 0 aliphatic carbocycles. The summed E-state index contributed by atoms with van der Waals surface area (Å²) in [7, 11) is 0.553. The Bertz CT molecular complexity index is 1930. The second kappa shape index (κ2) is 7.83. The summed E-state index contributed by atoms with van der Waals surface area (Å²) in [5.74, 6) is 0. The predicted octanol–water partition coefficient (Wildman–Crippen LogP) is 4.30. The molecule has 3 aromatic rings. The quantitative estimate of drug-likeness (QED) is 0.655. The molecule has 1 aliphatic heterocycles. The summed E-state index contributed by atoms with van der Waals surface area (Å²) < 4.78 is 178. The molecule has 0 amide bonds. The second-order valence-electron chi connectivity index (χ2n) is 5.14. The molecule has 4 nitrogen and oxygen atoms in total. The zero-order chi connectivity index (χ0) is 37.4. The van der Waals surface area contributed by atoms with Crippen molar-refractivity contribution in [3.05, 3.63) is 75.0 Å². The molecule has 4 rings (SSSR count). The van der Waals surface area contributed by atoms with Gasteiger partial charge in [-0.05, 0) is 62.9 Å². The van der Waals surface area contributed by atoms with Crippen molar-refractivity contribution in [3.8, 4) is 0 Å². The highest BCUT2D eigenvalue weighted by molar-refractivity contribution is 6.30. The molecule has 1 aromatic heterocycles. The molecule has 2 heterocycles. The molecule has 1 fully saturated rings. The lowest BCUT2D eigenvalue weighted by molar-refractivity contribution is 0.334. The van der Waals surface area contributed by atoms with Crippen LogP contribution in [0.2, 0.25) is 5.02 Å². The Labute approximate surface area is 193 Å². The molecule has 1 unspecified atom stereocenters. The maximum absolute atomic E-state index is 14.2. The first-order valence-corrected chi connectivity index (χ1v) is 7.79. The molecule has 0 bridgehead atoms. The van der Waals surface area contributed by atoms with E-state index in [2.05, 4.69) is 5.10 Å². The van der Waals surface area contributed by atoms with Crippen LogP contribution in [-0.4, -0.2) is 34.7 Å². The Morgan fingerprint density at radius 1 is 1.22 bits per heavy atom. The van der Waals surface area contributed by atoms with Gasteiger partial charge in [0, 0.05) is 33.2 Å². The van der Waals surface area contributed by atoms with Gasteiger partial charge in [-0.2, -0.15) is 5.10 Å². The maximum Gasteiger partial charge on any atom is 0.274 e. The number of aromatic nitrogens is 2. The molecule has 0 radical (unpaired) electrons. The third-order valence-corrected chi connectivity index (χ3v) is 3.52. The molecule has 140 valence electrons. The minimum absolute atomic E-state index is 0.162. The van der Waals surface area contributed by atoms with Gasteiger partial charge in [-0.1, -0.05) is 41.8 Å². The zero-order valence-electron chi connectivity index (χ0n) is 34.6. The van der Waals surface area contributed by atoms with Crippen LogP contribution in [0, 0.1) is 0 Å². The Morgan fingerprint density at radius 3 is 2.74 bits per heavy atom. The number of hydrogen-bond acceptors (Lipinski definition) is 3. The van der Waals surface area contributed by atoms with Gasteiger partial charge < -0.3 is 4.90 Å². The standard InChI is InChI=1S/C22H24ClN3O/c1-25-13-4-5-18(12-14-25)26-22(27)20-7-3-2-6-19(20)21(24-26)15-16-8-10-17(23)11-9-16/h2-3,6-11,18H,4-5,12-15H2,1H3/i2D,3D,4D2,5D2,6D,7D,8D,9D,10D,11D,12D2,13D2,14D2,15D2,18D. The van der Waals surface area contributed by atoms with Crippen molar-refractivity contribution < 1.29 is 28.8 Å². The Kier molecular flexibility index (Phi) is 1.71. The highest BCUT2D eigenvalue weighted by Gasteiger charge is 2.21. The first-order valence-electron chi connectivity index (χ1n) is 17.9. The average Bonchev–Trinajstić information content (AvgIpc) is 2.99. The molecule has 27 heavy (non-hydrogen) atoms. The average molecular weight is 403 g/mol. The molecule has 0 N–H and O–H groups in total. The third-order valence-electron chi connectivity index (χ3n) is 3.33.